The van der Waals surface area contributed by atoms with E-state index in [9.17, 15) is 5.11 Å². The number of aromatic hydroxyl groups is 1. The van der Waals surface area contributed by atoms with E-state index in [4.69, 9.17) is 0 Å². The molecule has 0 saturated heterocycles. The first-order valence-electron chi connectivity index (χ1n) is 12.2. The molecule has 0 aromatic heterocycles. The molecule has 1 aliphatic rings. The van der Waals surface area contributed by atoms with Crippen molar-refractivity contribution in [1.29, 1.82) is 0 Å². The molecule has 1 unspecified atom stereocenters. The fourth-order valence-electron chi connectivity index (χ4n) is 3.73. The molecule has 0 spiro atoms. The van der Waals surface area contributed by atoms with E-state index in [1.165, 1.54) is 36.8 Å². The van der Waals surface area contributed by atoms with E-state index >= 15 is 0 Å². The standard InChI is InChI=1S/C13H10.C10H16OSi.C9H13.2ClH.Ti/c1-3-7-12(8-4-1)11-13-9-5-2-6-10-13;1-8-5-9(11)7-10(6-8)12(2,3)4;1-6-5-7(2)9(4)8(6)3;;;/h1-10H;5-7,11H,1-4H3;6H,1-4H3;2*1H;/q;;-1;;;+1. The Labute approximate surface area is 249 Å². The van der Waals surface area contributed by atoms with Crippen molar-refractivity contribution in [2.75, 3.05) is 0 Å². The van der Waals surface area contributed by atoms with Crippen LogP contribution in [0.3, 0.4) is 0 Å². The predicted octanol–water partition coefficient (Wildman–Crippen LogP) is 8.61. The Hall–Kier alpha value is -1.68. The van der Waals surface area contributed by atoms with Crippen molar-refractivity contribution in [1.82, 2.24) is 0 Å². The number of rotatable bonds is 3. The van der Waals surface area contributed by atoms with Gasteiger partial charge in [-0.25, -0.2) is 5.57 Å². The van der Waals surface area contributed by atoms with Crippen LogP contribution in [0.25, 0.3) is 0 Å². The minimum atomic E-state index is -1.26. The van der Waals surface area contributed by atoms with Crippen LogP contribution in [-0.4, -0.2) is 17.0 Å². The van der Waals surface area contributed by atoms with Gasteiger partial charge in [0.05, 0.1) is 8.07 Å². The number of halogens is 2. The quantitative estimate of drug-likeness (QED) is 0.240. The van der Waals surface area contributed by atoms with Crippen molar-refractivity contribution >= 4 is 41.9 Å². The second kappa shape index (κ2) is 16.3. The zero-order chi connectivity index (χ0) is 26.2. The monoisotopic (exact) mass is 587 g/mol. The van der Waals surface area contributed by atoms with Crippen molar-refractivity contribution < 1.29 is 25.1 Å². The van der Waals surface area contributed by atoms with Crippen LogP contribution in [0.4, 0.5) is 0 Å². The van der Waals surface area contributed by atoms with Gasteiger partial charge in [-0.1, -0.05) is 57.6 Å². The first-order chi connectivity index (χ1) is 16.4. The first kappa shape index (κ1) is 35.3. The van der Waals surface area contributed by atoms with Crippen molar-refractivity contribution in [2.24, 2.45) is 5.92 Å². The molecule has 1 aliphatic carbocycles. The van der Waals surface area contributed by atoms with Gasteiger partial charge in [-0.15, -0.1) is 31.7 Å². The second-order valence-corrected chi connectivity index (χ2v) is 16.1. The zero-order valence-corrected chi connectivity index (χ0v) is 27.5. The van der Waals surface area contributed by atoms with E-state index in [0.29, 0.717) is 11.7 Å². The summed E-state index contributed by atoms with van der Waals surface area (Å²) in [5.74, 6) is 0.956. The van der Waals surface area contributed by atoms with Gasteiger partial charge in [0.1, 0.15) is 5.75 Å². The van der Waals surface area contributed by atoms with Crippen molar-refractivity contribution in [3.63, 3.8) is 0 Å². The van der Waals surface area contributed by atoms with Crippen LogP contribution in [0, 0.1) is 18.9 Å². The molecule has 3 aromatic carbocycles. The SMILES string of the molecule is CC1=[C-]C(C)C(C)=C1C.Cc1cc(O)cc([Si](C)(C)C)c1.Cl.Cl.[Ti+]=[C](c1ccccc1)c1ccccc1. The number of benzene rings is 3. The molecule has 0 radical (unpaired) electrons. The normalized spacial score (nSPS) is 14.1. The summed E-state index contributed by atoms with van der Waals surface area (Å²) < 4.78 is 1.33. The van der Waals surface area contributed by atoms with Gasteiger partial charge in [0.2, 0.25) is 0 Å². The van der Waals surface area contributed by atoms with Crippen molar-refractivity contribution in [3.8, 4) is 5.75 Å². The van der Waals surface area contributed by atoms with Gasteiger partial charge >= 0.3 is 95.6 Å². The summed E-state index contributed by atoms with van der Waals surface area (Å²) in [6, 6.07) is 26.8. The average Bonchev–Trinajstić information content (AvgIpc) is 3.04. The number of aryl methyl sites for hydroxylation is 1. The van der Waals surface area contributed by atoms with Gasteiger partial charge in [0.15, 0.2) is 0 Å². The summed E-state index contributed by atoms with van der Waals surface area (Å²) in [5, 5.41) is 10.7. The number of hydrogen-bond donors (Lipinski definition) is 1. The Balaban J connectivity index is 0.000000523. The van der Waals surface area contributed by atoms with Crippen LogP contribution < -0.4 is 5.19 Å². The molecule has 1 N–H and O–H groups in total. The van der Waals surface area contributed by atoms with E-state index in [0.717, 1.165) is 5.56 Å². The summed E-state index contributed by atoms with van der Waals surface area (Å²) in [5.41, 5.74) is 7.97. The van der Waals surface area contributed by atoms with Crippen molar-refractivity contribution in [2.45, 2.75) is 54.3 Å². The molecule has 1 nitrogen and oxygen atoms in total. The molecule has 0 heterocycles. The van der Waals surface area contributed by atoms with Crippen LogP contribution in [0.1, 0.15) is 44.4 Å². The first-order valence-corrected chi connectivity index (χ1v) is 16.5. The molecule has 1 atom stereocenters. The van der Waals surface area contributed by atoms with Gasteiger partial charge in [-0.3, -0.25) is 6.08 Å². The number of hydrogen-bond acceptors (Lipinski definition) is 1. The molecule has 0 bridgehead atoms. The molecular weight excluding hydrogens is 547 g/mol. The summed E-state index contributed by atoms with van der Waals surface area (Å²) in [6.07, 6.45) is 3.36. The molecular formula is C32H41Cl2OSiTi. The van der Waals surface area contributed by atoms with Gasteiger partial charge in [0, 0.05) is 0 Å². The van der Waals surface area contributed by atoms with Crippen LogP contribution in [-0.2, 0) is 20.0 Å². The van der Waals surface area contributed by atoms with Crippen LogP contribution in [0.15, 0.2) is 95.6 Å². The molecule has 0 fully saturated rings. The zero-order valence-electron chi connectivity index (χ0n) is 23.3. The van der Waals surface area contributed by atoms with E-state index in [1.807, 2.05) is 25.1 Å². The maximum atomic E-state index is 9.38. The maximum absolute atomic E-state index is 9.38. The van der Waals surface area contributed by atoms with E-state index in [1.54, 1.807) is 6.07 Å². The van der Waals surface area contributed by atoms with Gasteiger partial charge < -0.3 is 5.11 Å². The Morgan fingerprint density at radius 2 is 1.24 bits per heavy atom. The molecule has 0 amide bonds. The summed E-state index contributed by atoms with van der Waals surface area (Å²) in [6.45, 7) is 17.5. The fraction of sp³-hybridized carbons (Fsp3) is 0.281. The molecule has 4 rings (SSSR count). The van der Waals surface area contributed by atoms with E-state index in [-0.39, 0.29) is 24.8 Å². The molecule has 0 aliphatic heterocycles. The third-order valence-corrected chi connectivity index (χ3v) is 9.21. The van der Waals surface area contributed by atoms with Crippen molar-refractivity contribution in [3.05, 3.63) is 118 Å². The third kappa shape index (κ3) is 11.3. The van der Waals surface area contributed by atoms with Gasteiger partial charge in [-0.2, -0.15) is 11.1 Å². The number of phenols is 1. The number of allylic oxidation sites excluding steroid dienone is 4. The molecule has 37 heavy (non-hydrogen) atoms. The predicted molar refractivity (Wildman–Crippen MR) is 166 cm³/mol. The Kier molecular flexibility index (Phi) is 15.6. The topological polar surface area (TPSA) is 20.2 Å². The fourth-order valence-corrected chi connectivity index (χ4v) is 5.50. The van der Waals surface area contributed by atoms with Gasteiger partial charge in [-0.05, 0) is 24.6 Å². The van der Waals surface area contributed by atoms with Crippen LogP contribution in [0.2, 0.25) is 19.6 Å². The third-order valence-electron chi connectivity index (χ3n) is 6.29. The number of phenolic OH excluding ortho intramolecular Hbond substituents is 1. The Morgan fingerprint density at radius 1 is 0.784 bits per heavy atom. The summed E-state index contributed by atoms with van der Waals surface area (Å²) >= 11 is 2.16. The average molecular weight is 589 g/mol. The second-order valence-electron chi connectivity index (χ2n) is 10.2. The Bertz CT molecular complexity index is 1130. The molecule has 197 valence electrons. The Morgan fingerprint density at radius 3 is 1.54 bits per heavy atom. The summed E-state index contributed by atoms with van der Waals surface area (Å²) in [7, 11) is -1.26. The molecule has 3 aromatic rings. The minimum absolute atomic E-state index is 0. The van der Waals surface area contributed by atoms with Gasteiger partial charge in [0.25, 0.3) is 0 Å². The van der Waals surface area contributed by atoms with E-state index < -0.39 is 8.07 Å². The van der Waals surface area contributed by atoms with Crippen LogP contribution >= 0.6 is 24.8 Å². The van der Waals surface area contributed by atoms with E-state index in [2.05, 4.69) is 128 Å². The molecule has 5 heteroatoms. The summed E-state index contributed by atoms with van der Waals surface area (Å²) in [4.78, 5) is 0. The van der Waals surface area contributed by atoms with Crippen LogP contribution in [0.5, 0.6) is 5.75 Å². The molecule has 0 saturated carbocycles.